The van der Waals surface area contributed by atoms with Gasteiger partial charge in [0, 0.05) is 7.11 Å². The molecule has 0 spiro atoms. The molecule has 0 aromatic heterocycles. The molecule has 0 radical (unpaired) electrons. The number of hydrogen-bond donors (Lipinski definition) is 3. The van der Waals surface area contributed by atoms with Crippen LogP contribution in [0.4, 0.5) is 0 Å². The molecule has 3 N–H and O–H groups in total. The minimum atomic E-state index is -1.75. The standard InChI is InChI=1S/C39H71NO10.V/c1-16-30-39(12,44)33(41)22(3)17-21(2)19-37(10,43)34(50-36-24(5)29(40(13)14)18-23(4)46-36)25(6)32(26(7)35(42)48-30)49-31-20-38(11,45-15)27(8)28(9)47-31;/h21-34,36,41,43-44H,16,18-20H2,1-15H3;/t21-,22-,23+,24+,25-,26+,27?,28-,29-,30+,31-,32-,33+,34+,36-,37-,38+,39+;/m0./s1. The number of hydrogen-bond acceptors (Lipinski definition) is 11. The van der Waals surface area contributed by atoms with Crippen molar-refractivity contribution in [1.29, 1.82) is 0 Å². The van der Waals surface area contributed by atoms with Crippen LogP contribution in [-0.2, 0) is 50.2 Å². The van der Waals surface area contributed by atoms with E-state index in [2.05, 4.69) is 49.8 Å². The van der Waals surface area contributed by atoms with Gasteiger partial charge in [-0.05, 0) is 0 Å². The van der Waals surface area contributed by atoms with E-state index in [1.165, 1.54) is 6.92 Å². The maximum atomic E-state index is 14.2. The Morgan fingerprint density at radius 1 is 0.922 bits per heavy atom. The molecule has 0 aromatic carbocycles. The first-order valence-electron chi connectivity index (χ1n) is 19.2. The van der Waals surface area contributed by atoms with E-state index < -0.39 is 77.5 Å². The zero-order valence-corrected chi connectivity index (χ0v) is 35.5. The number of carbonyl (C=O) groups is 1. The van der Waals surface area contributed by atoms with E-state index in [-0.39, 0.29) is 48.8 Å². The summed E-state index contributed by atoms with van der Waals surface area (Å²) in [7, 11) is 5.81. The molecular weight excluding hydrogens is 693 g/mol. The topological polar surface area (TPSA) is 136 Å². The van der Waals surface area contributed by atoms with Crippen molar-refractivity contribution in [3.05, 3.63) is 0 Å². The van der Waals surface area contributed by atoms with E-state index in [0.29, 0.717) is 6.42 Å². The van der Waals surface area contributed by atoms with Crippen molar-refractivity contribution >= 4 is 10.2 Å². The Labute approximate surface area is 317 Å². The average Bonchev–Trinajstić information content (AvgIpc) is 3.05. The third-order valence-electron chi connectivity index (χ3n) is 12.8. The Bertz CT molecular complexity index is 1170. The summed E-state index contributed by atoms with van der Waals surface area (Å²) in [6.45, 7) is 22.9. The van der Waals surface area contributed by atoms with Gasteiger partial charge in [0.2, 0.25) is 0 Å². The molecule has 12 heteroatoms. The van der Waals surface area contributed by atoms with E-state index in [0.717, 1.165) is 10.6 Å². The number of ether oxygens (including phenoxy) is 6. The second-order valence-electron chi connectivity index (χ2n) is 17.2. The average molecular weight is 765 g/mol. The third kappa shape index (κ3) is 9.87. The number of rotatable bonds is 7. The van der Waals surface area contributed by atoms with Crippen molar-refractivity contribution in [3.8, 4) is 0 Å². The van der Waals surface area contributed by atoms with Crippen LogP contribution in [0.15, 0.2) is 0 Å². The summed E-state index contributed by atoms with van der Waals surface area (Å²) < 4.78 is 39.7. The molecule has 3 aliphatic rings. The summed E-state index contributed by atoms with van der Waals surface area (Å²) in [5.74, 6) is -2.67. The summed E-state index contributed by atoms with van der Waals surface area (Å²) in [4.78, 5) is 16.4. The summed E-state index contributed by atoms with van der Waals surface area (Å²) >= 11 is 2.54. The number of aliphatic hydroxyl groups excluding tert-OH is 1. The van der Waals surface area contributed by atoms with Gasteiger partial charge in [0.25, 0.3) is 0 Å². The number of cyclic esters (lactones) is 1. The molecule has 3 saturated heterocycles. The Balaban J connectivity index is 2.18. The fraction of sp³-hybridized carbons (Fsp3) is 0.949. The van der Waals surface area contributed by atoms with E-state index >= 15 is 0 Å². The van der Waals surface area contributed by atoms with Crippen molar-refractivity contribution in [3.63, 3.8) is 0 Å². The van der Waals surface area contributed by atoms with E-state index in [4.69, 9.17) is 28.4 Å². The van der Waals surface area contributed by atoms with Gasteiger partial charge in [-0.15, -0.1) is 0 Å². The molecule has 3 aliphatic heterocycles. The molecule has 3 rings (SSSR count). The van der Waals surface area contributed by atoms with Crippen molar-refractivity contribution < 1.29 is 65.5 Å². The number of esters is 1. The molecular formula is C39H71NO10V. The second-order valence-corrected chi connectivity index (χ2v) is 18.0. The van der Waals surface area contributed by atoms with E-state index in [1.807, 2.05) is 48.5 Å². The minimum absolute atomic E-state index is 0.0226. The quantitative estimate of drug-likeness (QED) is 0.317. The SMILES string of the molecule is CC[C@H]1OC(=O)[C@H](C)[C@@H](O[C@H]2C[C@@](C)(OC)C(C)[C@H](C)O2)[C@H](C)[C@@H](O[C@@H]2O[C@H](C)C[C@H](N(C)C)[C@H]2C)[C@@](C)(O)C[C@@H](C)[C](=[V])[C@H](C)[C@@H](O)[C@]1(C)O. The van der Waals surface area contributed by atoms with Gasteiger partial charge in [0.15, 0.2) is 0 Å². The maximum absolute atomic E-state index is 14.2. The van der Waals surface area contributed by atoms with Crippen LogP contribution in [0.2, 0.25) is 0 Å². The Hall–Kier alpha value is -0.436. The van der Waals surface area contributed by atoms with Gasteiger partial charge in [-0.3, -0.25) is 0 Å². The van der Waals surface area contributed by atoms with E-state index in [1.54, 1.807) is 21.0 Å². The van der Waals surface area contributed by atoms with Crippen LogP contribution in [0.1, 0.15) is 109 Å². The number of nitrogens with zero attached hydrogens (tertiary/aromatic N) is 1. The molecule has 0 amide bonds. The molecule has 297 valence electrons. The Morgan fingerprint density at radius 2 is 1.53 bits per heavy atom. The van der Waals surface area contributed by atoms with Crippen LogP contribution in [0.5, 0.6) is 0 Å². The van der Waals surface area contributed by atoms with Gasteiger partial charge < -0.3 is 0 Å². The molecule has 3 fully saturated rings. The first-order valence-corrected chi connectivity index (χ1v) is 19.9. The van der Waals surface area contributed by atoms with Crippen LogP contribution >= 0.6 is 0 Å². The van der Waals surface area contributed by atoms with Crippen molar-refractivity contribution in [2.24, 2.45) is 35.5 Å². The van der Waals surface area contributed by atoms with Crippen molar-refractivity contribution in [1.82, 2.24) is 4.90 Å². The summed E-state index contributed by atoms with van der Waals surface area (Å²) in [6, 6.07) is 0.192. The normalized spacial score (nSPS) is 49.7. The van der Waals surface area contributed by atoms with Crippen LogP contribution < -0.4 is 0 Å². The predicted octanol–water partition coefficient (Wildman–Crippen LogP) is 4.49. The number of aliphatic hydroxyl groups is 3. The molecule has 0 saturated carbocycles. The van der Waals surface area contributed by atoms with Crippen LogP contribution in [0.25, 0.3) is 0 Å². The molecule has 0 aromatic rings. The van der Waals surface area contributed by atoms with Gasteiger partial charge in [-0.1, -0.05) is 6.92 Å². The first kappa shape index (κ1) is 45.0. The molecule has 51 heavy (non-hydrogen) atoms. The van der Waals surface area contributed by atoms with Crippen LogP contribution in [-0.4, -0.2) is 124 Å². The number of methoxy groups -OCH3 is 1. The predicted molar refractivity (Wildman–Crippen MR) is 193 cm³/mol. The van der Waals surface area contributed by atoms with Crippen molar-refractivity contribution in [2.75, 3.05) is 21.2 Å². The van der Waals surface area contributed by atoms with Gasteiger partial charge in [0.05, 0.1) is 0 Å². The van der Waals surface area contributed by atoms with Crippen LogP contribution in [0.3, 0.4) is 0 Å². The number of carbonyl (C=O) groups excluding carboxylic acids is 1. The summed E-state index contributed by atoms with van der Waals surface area (Å²) in [6.07, 6.45) is -3.74. The first-order chi connectivity index (χ1) is 23.4. The zero-order valence-electron chi connectivity index (χ0n) is 34.1. The molecule has 18 atom stereocenters. The Kier molecular flexibility index (Phi) is 15.5. The van der Waals surface area contributed by atoms with Crippen LogP contribution in [0, 0.1) is 35.5 Å². The second kappa shape index (κ2) is 17.6. The summed E-state index contributed by atoms with van der Waals surface area (Å²) in [5.41, 5.74) is -3.74. The summed E-state index contributed by atoms with van der Waals surface area (Å²) in [5, 5.41) is 35.9. The van der Waals surface area contributed by atoms with Gasteiger partial charge in [0.1, 0.15) is 0 Å². The molecule has 11 nitrogen and oxygen atoms in total. The molecule has 1 unspecified atom stereocenters. The van der Waals surface area contributed by atoms with E-state index in [9.17, 15) is 20.1 Å². The van der Waals surface area contributed by atoms with Gasteiger partial charge in [-0.25, -0.2) is 0 Å². The molecule has 3 heterocycles. The Morgan fingerprint density at radius 3 is 2.08 bits per heavy atom. The van der Waals surface area contributed by atoms with Gasteiger partial charge >= 0.3 is 304 Å². The zero-order chi connectivity index (χ0) is 39.0. The van der Waals surface area contributed by atoms with Gasteiger partial charge in [-0.2, -0.15) is 0 Å². The molecule has 0 bridgehead atoms. The fourth-order valence-corrected chi connectivity index (χ4v) is 9.28. The molecule has 0 aliphatic carbocycles. The van der Waals surface area contributed by atoms with Crippen molar-refractivity contribution in [2.45, 2.75) is 181 Å². The monoisotopic (exact) mass is 764 g/mol. The fourth-order valence-electron chi connectivity index (χ4n) is 8.92. The third-order valence-corrected chi connectivity index (χ3v) is 14.1.